The van der Waals surface area contributed by atoms with Crippen molar-refractivity contribution in [1.29, 1.82) is 0 Å². The molecule has 1 N–H and O–H groups in total. The van der Waals surface area contributed by atoms with Crippen LogP contribution in [0.25, 0.3) is 0 Å². The number of hydrogen-bond acceptors (Lipinski definition) is 7. The van der Waals surface area contributed by atoms with Crippen molar-refractivity contribution in [2.45, 2.75) is 35.2 Å². The molecule has 40 heavy (non-hydrogen) atoms. The Morgan fingerprint density at radius 3 is 2.20 bits per heavy atom. The monoisotopic (exact) mass is 585 g/mol. The van der Waals surface area contributed by atoms with Crippen molar-refractivity contribution in [3.05, 3.63) is 78.9 Å². The van der Waals surface area contributed by atoms with Crippen LogP contribution >= 0.6 is 0 Å². The smallest absolute Gasteiger partial charge is 0.264 e. The van der Waals surface area contributed by atoms with Gasteiger partial charge in [0, 0.05) is 13.1 Å². The second-order valence-corrected chi connectivity index (χ2v) is 13.3. The maximum Gasteiger partial charge on any atom is 0.264 e. The van der Waals surface area contributed by atoms with Crippen molar-refractivity contribution in [1.82, 2.24) is 9.62 Å². The molecule has 2 heterocycles. The number of amides is 1. The van der Waals surface area contributed by atoms with Crippen LogP contribution in [0.2, 0.25) is 0 Å². The Balaban J connectivity index is 1.18. The summed E-state index contributed by atoms with van der Waals surface area (Å²) >= 11 is 0. The quantitative estimate of drug-likeness (QED) is 0.383. The number of anilines is 1. The fourth-order valence-corrected chi connectivity index (χ4v) is 7.72. The number of sulfonamides is 2. The number of carbonyl (C=O) groups excluding carboxylic acids is 1. The molecule has 1 fully saturated rings. The third kappa shape index (κ3) is 5.93. The summed E-state index contributed by atoms with van der Waals surface area (Å²) in [6.07, 6.45) is 1.71. The van der Waals surface area contributed by atoms with Crippen LogP contribution in [0.15, 0.2) is 88.7 Å². The number of benzene rings is 3. The molecule has 0 aromatic heterocycles. The first-order valence-corrected chi connectivity index (χ1v) is 16.0. The Morgan fingerprint density at radius 1 is 0.825 bits per heavy atom. The van der Waals surface area contributed by atoms with Crippen LogP contribution in [-0.4, -0.2) is 65.9 Å². The molecule has 0 radical (unpaired) electrons. The number of nitrogens with zero attached hydrogens (tertiary/aromatic N) is 2. The van der Waals surface area contributed by atoms with Gasteiger partial charge in [-0.1, -0.05) is 36.8 Å². The third-order valence-electron chi connectivity index (χ3n) is 6.81. The molecule has 1 amide bonds. The van der Waals surface area contributed by atoms with E-state index in [0.717, 1.165) is 19.3 Å². The zero-order chi connectivity index (χ0) is 28.2. The summed E-state index contributed by atoms with van der Waals surface area (Å²) in [6.45, 7) is 1.14. The molecule has 0 spiro atoms. The van der Waals surface area contributed by atoms with E-state index in [2.05, 4.69) is 5.32 Å². The van der Waals surface area contributed by atoms with Gasteiger partial charge in [0.2, 0.25) is 10.0 Å². The number of piperidine rings is 1. The van der Waals surface area contributed by atoms with Crippen LogP contribution in [0, 0.1) is 0 Å². The summed E-state index contributed by atoms with van der Waals surface area (Å²) in [4.78, 5) is 13.3. The van der Waals surface area contributed by atoms with Crippen LogP contribution in [0.1, 0.15) is 19.3 Å². The highest BCUT2D eigenvalue weighted by atomic mass is 32.2. The summed E-state index contributed by atoms with van der Waals surface area (Å²) in [5.41, 5.74) is 0.365. The molecule has 0 saturated carbocycles. The highest BCUT2D eigenvalue weighted by Gasteiger charge is 2.37. The number of para-hydroxylation sites is 2. The molecule has 1 atom stereocenters. The maximum atomic E-state index is 13.4. The number of rotatable bonds is 9. The van der Waals surface area contributed by atoms with E-state index in [-0.39, 0.29) is 29.5 Å². The van der Waals surface area contributed by atoms with Crippen molar-refractivity contribution in [3.63, 3.8) is 0 Å². The molecule has 12 heteroatoms. The topological polar surface area (TPSA) is 122 Å². The molecule has 1 saturated heterocycles. The molecule has 5 rings (SSSR count). The lowest BCUT2D eigenvalue weighted by Gasteiger charge is -2.34. The Labute approximate surface area is 234 Å². The second kappa shape index (κ2) is 11.9. The van der Waals surface area contributed by atoms with Crippen molar-refractivity contribution in [2.75, 3.05) is 37.1 Å². The Bertz CT molecular complexity index is 1540. The van der Waals surface area contributed by atoms with Gasteiger partial charge in [-0.15, -0.1) is 0 Å². The minimum atomic E-state index is -3.92. The van der Waals surface area contributed by atoms with Crippen LogP contribution < -0.4 is 19.1 Å². The van der Waals surface area contributed by atoms with Gasteiger partial charge >= 0.3 is 0 Å². The predicted octanol–water partition coefficient (Wildman–Crippen LogP) is 3.01. The Kier molecular flexibility index (Phi) is 8.29. The van der Waals surface area contributed by atoms with Crippen LogP contribution in [-0.2, 0) is 24.8 Å². The van der Waals surface area contributed by atoms with Gasteiger partial charge in [0.1, 0.15) is 18.1 Å². The highest BCUT2D eigenvalue weighted by Crippen LogP contribution is 2.36. The lowest BCUT2D eigenvalue weighted by molar-refractivity contribution is -0.127. The maximum absolute atomic E-state index is 13.4. The van der Waals surface area contributed by atoms with Gasteiger partial charge in [-0.3, -0.25) is 9.10 Å². The third-order valence-corrected chi connectivity index (χ3v) is 10.5. The normalized spacial score (nSPS) is 17.9. The van der Waals surface area contributed by atoms with Crippen LogP contribution in [0.5, 0.6) is 11.5 Å². The zero-order valence-corrected chi connectivity index (χ0v) is 23.4. The number of carbonyl (C=O) groups is 1. The standard InChI is InChI=1S/C28H31N3O7S2/c32-28(29-17-20-37-22-13-15-24(16-14-22)39(33,34)30-18-7-2-8-19-30)27-21-31(25-11-5-6-12-26(25)38-27)40(35,36)23-9-3-1-4-10-23/h1,3-6,9-16,27H,2,7-8,17-21H2,(H,29,32). The zero-order valence-electron chi connectivity index (χ0n) is 21.8. The van der Waals surface area contributed by atoms with Crippen molar-refractivity contribution in [2.24, 2.45) is 0 Å². The summed E-state index contributed by atoms with van der Waals surface area (Å²) < 4.78 is 66.6. The molecule has 0 aliphatic carbocycles. The van der Waals surface area contributed by atoms with Gasteiger partial charge < -0.3 is 14.8 Å². The van der Waals surface area contributed by atoms with E-state index in [1.54, 1.807) is 54.6 Å². The van der Waals surface area contributed by atoms with Crippen molar-refractivity contribution in [3.8, 4) is 11.5 Å². The van der Waals surface area contributed by atoms with E-state index < -0.39 is 32.1 Å². The first kappa shape index (κ1) is 27.9. The SMILES string of the molecule is O=C(NCCOc1ccc(S(=O)(=O)N2CCCCC2)cc1)C1CN(S(=O)(=O)c2ccccc2)c2ccccc2O1. The van der Waals surface area contributed by atoms with Gasteiger partial charge in [-0.25, -0.2) is 16.8 Å². The molecular weight excluding hydrogens is 554 g/mol. The summed E-state index contributed by atoms with van der Waals surface area (Å²) in [6, 6.07) is 20.9. The number of nitrogens with one attached hydrogen (secondary N) is 1. The van der Waals surface area contributed by atoms with Gasteiger partial charge in [0.05, 0.1) is 28.6 Å². The first-order valence-electron chi connectivity index (χ1n) is 13.1. The van der Waals surface area contributed by atoms with E-state index in [4.69, 9.17) is 9.47 Å². The summed E-state index contributed by atoms with van der Waals surface area (Å²) in [5, 5.41) is 2.73. The van der Waals surface area contributed by atoms with Gasteiger partial charge in [-0.2, -0.15) is 4.31 Å². The average molecular weight is 586 g/mol. The molecule has 3 aromatic rings. The molecule has 10 nitrogen and oxygen atoms in total. The molecule has 212 valence electrons. The minimum Gasteiger partial charge on any atom is -0.492 e. The predicted molar refractivity (Wildman–Crippen MR) is 149 cm³/mol. The van der Waals surface area contributed by atoms with Gasteiger partial charge in [0.15, 0.2) is 6.10 Å². The highest BCUT2D eigenvalue weighted by molar-refractivity contribution is 7.92. The summed E-state index contributed by atoms with van der Waals surface area (Å²) in [7, 11) is -7.44. The molecule has 0 bridgehead atoms. The van der Waals surface area contributed by atoms with Gasteiger partial charge in [0.25, 0.3) is 15.9 Å². The minimum absolute atomic E-state index is 0.119. The number of ether oxygens (including phenoxy) is 2. The second-order valence-electron chi connectivity index (χ2n) is 9.50. The molecule has 2 aliphatic rings. The number of hydrogen-bond donors (Lipinski definition) is 1. The first-order chi connectivity index (χ1) is 19.3. The molecule has 3 aromatic carbocycles. The van der Waals surface area contributed by atoms with Crippen LogP contribution in [0.4, 0.5) is 5.69 Å². The van der Waals surface area contributed by atoms with E-state index in [9.17, 15) is 21.6 Å². The van der Waals surface area contributed by atoms with Crippen LogP contribution in [0.3, 0.4) is 0 Å². The summed E-state index contributed by atoms with van der Waals surface area (Å²) in [5.74, 6) is 0.286. The van der Waals surface area contributed by atoms with Crippen molar-refractivity contribution >= 4 is 31.6 Å². The fraction of sp³-hybridized carbons (Fsp3) is 0.321. The average Bonchev–Trinajstić information content (AvgIpc) is 2.99. The van der Waals surface area contributed by atoms with E-state index in [0.29, 0.717) is 30.3 Å². The van der Waals surface area contributed by atoms with Crippen molar-refractivity contribution < 1.29 is 31.1 Å². The van der Waals surface area contributed by atoms with E-state index >= 15 is 0 Å². The molecule has 1 unspecified atom stereocenters. The molecular formula is C28H31N3O7S2. The van der Waals surface area contributed by atoms with E-state index in [1.165, 1.54) is 32.9 Å². The van der Waals surface area contributed by atoms with Gasteiger partial charge in [-0.05, 0) is 61.4 Å². The fourth-order valence-electron chi connectivity index (χ4n) is 4.71. The van der Waals surface area contributed by atoms with E-state index in [1.807, 2.05) is 0 Å². The molecule has 2 aliphatic heterocycles. The Morgan fingerprint density at radius 2 is 1.48 bits per heavy atom. The number of fused-ring (bicyclic) bond motifs is 1. The lowest BCUT2D eigenvalue weighted by Crippen LogP contribution is -2.51. The largest absolute Gasteiger partial charge is 0.492 e. The lowest BCUT2D eigenvalue weighted by atomic mass is 10.2. The Hall–Kier alpha value is -3.61.